The van der Waals surface area contributed by atoms with Crippen molar-refractivity contribution < 1.29 is 9.84 Å². The monoisotopic (exact) mass is 346 g/mol. The number of nitrogens with zero attached hydrogens (tertiary/aromatic N) is 4. The van der Waals surface area contributed by atoms with Gasteiger partial charge in [0.2, 0.25) is 5.13 Å². The number of ether oxygens (including phenoxy) is 1. The normalized spacial score (nSPS) is 24.8. The van der Waals surface area contributed by atoms with Crippen LogP contribution in [0.15, 0.2) is 24.3 Å². The lowest BCUT2D eigenvalue weighted by Crippen LogP contribution is -2.69. The third kappa shape index (κ3) is 2.71. The van der Waals surface area contributed by atoms with Gasteiger partial charge in [-0.2, -0.15) is 9.36 Å². The second kappa shape index (κ2) is 6.40. The van der Waals surface area contributed by atoms with E-state index in [9.17, 15) is 5.11 Å². The Morgan fingerprint density at radius 1 is 1.29 bits per heavy atom. The van der Waals surface area contributed by atoms with Crippen LogP contribution in [0.3, 0.4) is 0 Å². The van der Waals surface area contributed by atoms with Crippen LogP contribution >= 0.6 is 11.5 Å². The highest BCUT2D eigenvalue weighted by Crippen LogP contribution is 2.31. The van der Waals surface area contributed by atoms with Crippen LogP contribution < -0.4 is 4.90 Å². The maximum atomic E-state index is 9.98. The Balaban J connectivity index is 1.58. The molecule has 24 heavy (non-hydrogen) atoms. The van der Waals surface area contributed by atoms with Crippen LogP contribution in [0.5, 0.6) is 0 Å². The summed E-state index contributed by atoms with van der Waals surface area (Å²) in [6, 6.07) is 8.18. The van der Waals surface area contributed by atoms with E-state index in [2.05, 4.69) is 33.2 Å². The van der Waals surface area contributed by atoms with Crippen molar-refractivity contribution >= 4 is 16.7 Å². The predicted octanol–water partition coefficient (Wildman–Crippen LogP) is 1.40. The number of rotatable bonds is 3. The number of aryl methyl sites for hydroxylation is 1. The fraction of sp³-hybridized carbons (Fsp3) is 0.529. The molecule has 3 heterocycles. The van der Waals surface area contributed by atoms with Crippen LogP contribution in [0.2, 0.25) is 0 Å². The van der Waals surface area contributed by atoms with Gasteiger partial charge in [0.15, 0.2) is 5.82 Å². The first-order valence-electron chi connectivity index (χ1n) is 8.30. The smallest absolute Gasteiger partial charge is 0.205 e. The molecule has 2 aliphatic rings. The lowest BCUT2D eigenvalue weighted by atomic mass is 9.94. The maximum Gasteiger partial charge on any atom is 0.205 e. The highest BCUT2D eigenvalue weighted by molar-refractivity contribution is 7.09. The summed E-state index contributed by atoms with van der Waals surface area (Å²) < 4.78 is 10.2. The van der Waals surface area contributed by atoms with Crippen molar-refractivity contribution in [3.05, 3.63) is 29.8 Å². The second-order valence-electron chi connectivity index (χ2n) is 6.56. The molecule has 7 heteroatoms. The SMILES string of the molecule is Cc1ccccc1-c1nsc(N2CCN3CCOCC3(CO)C2)n1. The first kappa shape index (κ1) is 16.0. The Bertz CT molecular complexity index is 722. The Labute approximate surface area is 145 Å². The largest absolute Gasteiger partial charge is 0.394 e. The molecule has 4 rings (SSSR count). The summed E-state index contributed by atoms with van der Waals surface area (Å²) in [7, 11) is 0. The van der Waals surface area contributed by atoms with Crippen LogP contribution in [0, 0.1) is 6.92 Å². The molecule has 2 fully saturated rings. The van der Waals surface area contributed by atoms with Crippen molar-refractivity contribution in [3.63, 3.8) is 0 Å². The second-order valence-corrected chi connectivity index (χ2v) is 7.29. The quantitative estimate of drug-likeness (QED) is 0.906. The van der Waals surface area contributed by atoms with Gasteiger partial charge >= 0.3 is 0 Å². The van der Waals surface area contributed by atoms with Gasteiger partial charge in [-0.05, 0) is 12.5 Å². The minimum absolute atomic E-state index is 0.104. The molecule has 1 unspecified atom stereocenters. The van der Waals surface area contributed by atoms with Crippen LogP contribution in [-0.4, -0.2) is 70.9 Å². The molecule has 1 atom stereocenters. The average Bonchev–Trinajstić information content (AvgIpc) is 3.11. The van der Waals surface area contributed by atoms with E-state index in [0.29, 0.717) is 6.61 Å². The topological polar surface area (TPSA) is 61.7 Å². The van der Waals surface area contributed by atoms with Gasteiger partial charge in [0, 0.05) is 43.3 Å². The molecule has 2 saturated heterocycles. The van der Waals surface area contributed by atoms with E-state index in [1.807, 2.05) is 12.1 Å². The van der Waals surface area contributed by atoms with Gasteiger partial charge in [-0.25, -0.2) is 0 Å². The minimum Gasteiger partial charge on any atom is -0.394 e. The Kier molecular flexibility index (Phi) is 4.26. The Morgan fingerprint density at radius 2 is 2.17 bits per heavy atom. The number of aromatic nitrogens is 2. The van der Waals surface area contributed by atoms with Crippen molar-refractivity contribution in [1.29, 1.82) is 0 Å². The first-order valence-corrected chi connectivity index (χ1v) is 9.07. The zero-order valence-corrected chi connectivity index (χ0v) is 14.6. The van der Waals surface area contributed by atoms with Gasteiger partial charge in [-0.3, -0.25) is 4.90 Å². The predicted molar refractivity (Wildman–Crippen MR) is 94.5 cm³/mol. The molecule has 128 valence electrons. The van der Waals surface area contributed by atoms with E-state index in [0.717, 1.165) is 49.3 Å². The van der Waals surface area contributed by atoms with Gasteiger partial charge in [-0.1, -0.05) is 24.3 Å². The van der Waals surface area contributed by atoms with Crippen molar-refractivity contribution in [2.75, 3.05) is 50.9 Å². The molecular weight excluding hydrogens is 324 g/mol. The van der Waals surface area contributed by atoms with Crippen LogP contribution in [0.25, 0.3) is 11.4 Å². The maximum absolute atomic E-state index is 9.98. The van der Waals surface area contributed by atoms with E-state index in [-0.39, 0.29) is 12.1 Å². The lowest BCUT2D eigenvalue weighted by molar-refractivity contribution is -0.0950. The molecule has 1 aromatic carbocycles. The number of hydrogen-bond donors (Lipinski definition) is 1. The number of fused-ring (bicyclic) bond motifs is 1. The highest BCUT2D eigenvalue weighted by Gasteiger charge is 2.44. The van der Waals surface area contributed by atoms with Gasteiger partial charge < -0.3 is 14.7 Å². The van der Waals surface area contributed by atoms with Crippen LogP contribution in [0.4, 0.5) is 5.13 Å². The van der Waals surface area contributed by atoms with Gasteiger partial charge in [0.05, 0.1) is 25.4 Å². The van der Waals surface area contributed by atoms with E-state index in [1.165, 1.54) is 17.1 Å². The molecular formula is C17H22N4O2S. The summed E-state index contributed by atoms with van der Waals surface area (Å²) >= 11 is 1.43. The van der Waals surface area contributed by atoms with Crippen molar-refractivity contribution in [1.82, 2.24) is 14.3 Å². The summed E-state index contributed by atoms with van der Waals surface area (Å²) in [5, 5.41) is 10.9. The fourth-order valence-corrected chi connectivity index (χ4v) is 4.28. The zero-order valence-electron chi connectivity index (χ0n) is 13.8. The summed E-state index contributed by atoms with van der Waals surface area (Å²) in [4.78, 5) is 9.35. The number of hydrogen-bond acceptors (Lipinski definition) is 7. The van der Waals surface area contributed by atoms with E-state index in [4.69, 9.17) is 9.72 Å². The van der Waals surface area contributed by atoms with Crippen molar-refractivity contribution in [3.8, 4) is 11.4 Å². The Morgan fingerprint density at radius 3 is 3.00 bits per heavy atom. The molecule has 6 nitrogen and oxygen atoms in total. The molecule has 1 aromatic heterocycles. The first-order chi connectivity index (χ1) is 11.7. The van der Waals surface area contributed by atoms with Gasteiger partial charge in [0.1, 0.15) is 0 Å². The van der Waals surface area contributed by atoms with Gasteiger partial charge in [0.25, 0.3) is 0 Å². The molecule has 2 aliphatic heterocycles. The molecule has 2 aromatic rings. The number of morpholine rings is 1. The lowest BCUT2D eigenvalue weighted by Gasteiger charge is -2.51. The average molecular weight is 346 g/mol. The third-order valence-corrected chi connectivity index (χ3v) is 5.82. The summed E-state index contributed by atoms with van der Waals surface area (Å²) in [6.07, 6.45) is 0. The molecule has 0 amide bonds. The molecule has 0 spiro atoms. The van der Waals surface area contributed by atoms with Crippen molar-refractivity contribution in [2.24, 2.45) is 0 Å². The zero-order chi connectivity index (χ0) is 16.6. The summed E-state index contributed by atoms with van der Waals surface area (Å²) in [5.74, 6) is 0.786. The van der Waals surface area contributed by atoms with E-state index < -0.39 is 0 Å². The Hall–Kier alpha value is -1.54. The third-order valence-electron chi connectivity index (χ3n) is 5.04. The van der Waals surface area contributed by atoms with Gasteiger partial charge in [-0.15, -0.1) is 0 Å². The minimum atomic E-state index is -0.314. The van der Waals surface area contributed by atoms with Crippen LogP contribution in [0.1, 0.15) is 5.56 Å². The number of piperazine rings is 1. The van der Waals surface area contributed by atoms with E-state index >= 15 is 0 Å². The van der Waals surface area contributed by atoms with E-state index in [1.54, 1.807) is 0 Å². The number of aliphatic hydroxyl groups is 1. The molecule has 0 radical (unpaired) electrons. The molecule has 0 bridgehead atoms. The standard InChI is InChI=1S/C17H22N4O2S/c1-13-4-2-3-5-14(13)15-18-16(24-19-15)20-6-7-21-8-9-23-12-17(21,10-20)11-22/h2-5,22H,6-12H2,1H3. The number of benzene rings is 1. The summed E-state index contributed by atoms with van der Waals surface area (Å²) in [5.41, 5.74) is 1.95. The molecule has 0 saturated carbocycles. The summed E-state index contributed by atoms with van der Waals surface area (Å²) in [6.45, 7) is 6.95. The van der Waals surface area contributed by atoms with Crippen LogP contribution in [-0.2, 0) is 4.74 Å². The van der Waals surface area contributed by atoms with Crippen molar-refractivity contribution in [2.45, 2.75) is 12.5 Å². The fourth-order valence-electron chi connectivity index (χ4n) is 3.57. The molecule has 1 N–H and O–H groups in total. The number of aliphatic hydroxyl groups excluding tert-OH is 1. The number of anilines is 1. The molecule has 0 aliphatic carbocycles. The highest BCUT2D eigenvalue weighted by atomic mass is 32.1.